The summed E-state index contributed by atoms with van der Waals surface area (Å²) in [6, 6.07) is 14.9. The molecule has 2 aromatic heterocycles. The maximum Gasteiger partial charge on any atom is 0.287 e. The maximum absolute atomic E-state index is 12.7. The van der Waals surface area contributed by atoms with Crippen LogP contribution in [-0.2, 0) is 11.2 Å². The number of carbonyl (C=O) groups excluding carboxylic acids is 1. The number of hydrogen-bond acceptors (Lipinski definition) is 5. The molecule has 0 bridgehead atoms. The van der Waals surface area contributed by atoms with Gasteiger partial charge in [0.25, 0.3) is 5.91 Å². The van der Waals surface area contributed by atoms with Crippen LogP contribution >= 0.6 is 0 Å². The molecule has 1 saturated heterocycles. The Morgan fingerprint density at radius 2 is 1.89 bits per heavy atom. The molecule has 144 valence electrons. The minimum Gasteiger partial charge on any atom is -0.497 e. The standard InChI is InChI=1S/C22H22N2O4/c1-26-18-4-2-16(3-5-18)20-6-7-21(28-20)22(25)24-19-14-27-13-17(19)12-15-8-10-23-11-9-15/h2-11,17,19H,12-14H2,1H3,(H,24,25). The molecular formula is C22H22N2O4. The monoisotopic (exact) mass is 378 g/mol. The summed E-state index contributed by atoms with van der Waals surface area (Å²) in [6.07, 6.45) is 4.40. The molecule has 4 rings (SSSR count). The van der Waals surface area contributed by atoms with E-state index in [0.717, 1.165) is 17.7 Å². The average molecular weight is 378 g/mol. The lowest BCUT2D eigenvalue weighted by Gasteiger charge is -2.18. The van der Waals surface area contributed by atoms with Crippen molar-refractivity contribution in [3.05, 3.63) is 72.2 Å². The van der Waals surface area contributed by atoms with Crippen molar-refractivity contribution in [3.8, 4) is 17.1 Å². The molecule has 0 aliphatic carbocycles. The number of nitrogens with zero attached hydrogens (tertiary/aromatic N) is 1. The van der Waals surface area contributed by atoms with Crippen LogP contribution in [0.4, 0.5) is 0 Å². The summed E-state index contributed by atoms with van der Waals surface area (Å²) < 4.78 is 16.5. The number of rotatable bonds is 6. The van der Waals surface area contributed by atoms with E-state index >= 15 is 0 Å². The number of methoxy groups -OCH3 is 1. The Kier molecular flexibility index (Phi) is 5.39. The van der Waals surface area contributed by atoms with Gasteiger partial charge >= 0.3 is 0 Å². The quantitative estimate of drug-likeness (QED) is 0.712. The van der Waals surface area contributed by atoms with Gasteiger partial charge in [-0.25, -0.2) is 0 Å². The van der Waals surface area contributed by atoms with Crippen LogP contribution in [0.3, 0.4) is 0 Å². The smallest absolute Gasteiger partial charge is 0.287 e. The van der Waals surface area contributed by atoms with Crippen LogP contribution in [0.25, 0.3) is 11.3 Å². The summed E-state index contributed by atoms with van der Waals surface area (Å²) in [4.78, 5) is 16.7. The van der Waals surface area contributed by atoms with E-state index in [1.807, 2.05) is 36.4 Å². The number of aromatic nitrogens is 1. The fourth-order valence-corrected chi connectivity index (χ4v) is 3.39. The van der Waals surface area contributed by atoms with E-state index in [4.69, 9.17) is 13.9 Å². The highest BCUT2D eigenvalue weighted by Crippen LogP contribution is 2.25. The molecule has 6 heteroatoms. The van der Waals surface area contributed by atoms with Crippen molar-refractivity contribution >= 4 is 5.91 Å². The van der Waals surface area contributed by atoms with Crippen molar-refractivity contribution in [1.82, 2.24) is 10.3 Å². The van der Waals surface area contributed by atoms with E-state index < -0.39 is 0 Å². The van der Waals surface area contributed by atoms with Gasteiger partial charge in [-0.3, -0.25) is 9.78 Å². The SMILES string of the molecule is COc1ccc(-c2ccc(C(=O)NC3COCC3Cc3ccncc3)o2)cc1. The topological polar surface area (TPSA) is 73.6 Å². The third-order valence-electron chi connectivity index (χ3n) is 4.97. The Hall–Kier alpha value is -3.12. The Labute approximate surface area is 163 Å². The number of nitrogens with one attached hydrogen (secondary N) is 1. The number of hydrogen-bond donors (Lipinski definition) is 1. The lowest BCUT2D eigenvalue weighted by molar-refractivity contribution is 0.0898. The molecular weight excluding hydrogens is 356 g/mol. The number of ether oxygens (including phenoxy) is 2. The molecule has 0 saturated carbocycles. The van der Waals surface area contributed by atoms with Crippen molar-refractivity contribution < 1.29 is 18.7 Å². The lowest BCUT2D eigenvalue weighted by Crippen LogP contribution is -2.40. The van der Waals surface area contributed by atoms with Crippen LogP contribution < -0.4 is 10.1 Å². The van der Waals surface area contributed by atoms with E-state index in [1.54, 1.807) is 31.6 Å². The summed E-state index contributed by atoms with van der Waals surface area (Å²) >= 11 is 0. The Balaban J connectivity index is 1.41. The summed E-state index contributed by atoms with van der Waals surface area (Å²) in [5, 5.41) is 3.06. The minimum atomic E-state index is -0.227. The first-order valence-electron chi connectivity index (χ1n) is 9.24. The molecule has 6 nitrogen and oxygen atoms in total. The maximum atomic E-state index is 12.7. The normalized spacial score (nSPS) is 18.8. The van der Waals surface area contributed by atoms with Crippen LogP contribution in [0.1, 0.15) is 16.1 Å². The number of benzene rings is 1. The summed E-state index contributed by atoms with van der Waals surface area (Å²) in [5.41, 5.74) is 2.07. The first kappa shape index (κ1) is 18.3. The fraction of sp³-hybridized carbons (Fsp3) is 0.273. The second kappa shape index (κ2) is 8.27. The molecule has 1 aromatic carbocycles. The summed E-state index contributed by atoms with van der Waals surface area (Å²) in [6.45, 7) is 1.13. The molecule has 0 radical (unpaired) electrons. The van der Waals surface area contributed by atoms with Crippen molar-refractivity contribution in [3.63, 3.8) is 0 Å². The van der Waals surface area contributed by atoms with E-state index in [1.165, 1.54) is 5.56 Å². The molecule has 28 heavy (non-hydrogen) atoms. The van der Waals surface area contributed by atoms with Gasteiger partial charge in [0, 0.05) is 23.9 Å². The first-order chi connectivity index (χ1) is 13.7. The fourth-order valence-electron chi connectivity index (χ4n) is 3.39. The van der Waals surface area contributed by atoms with Gasteiger partial charge in [-0.2, -0.15) is 0 Å². The van der Waals surface area contributed by atoms with Gasteiger partial charge in [-0.15, -0.1) is 0 Å². The Morgan fingerprint density at radius 3 is 2.64 bits per heavy atom. The molecule has 1 amide bonds. The molecule has 1 N–H and O–H groups in total. The highest BCUT2D eigenvalue weighted by molar-refractivity contribution is 5.92. The van der Waals surface area contributed by atoms with Crippen LogP contribution in [0, 0.1) is 5.92 Å². The van der Waals surface area contributed by atoms with Crippen LogP contribution in [0.2, 0.25) is 0 Å². The second-order valence-corrected chi connectivity index (χ2v) is 6.83. The predicted molar refractivity (Wildman–Crippen MR) is 104 cm³/mol. The third-order valence-corrected chi connectivity index (χ3v) is 4.97. The zero-order valence-corrected chi connectivity index (χ0v) is 15.6. The second-order valence-electron chi connectivity index (χ2n) is 6.83. The van der Waals surface area contributed by atoms with Crippen LogP contribution in [-0.4, -0.2) is 37.3 Å². The van der Waals surface area contributed by atoms with Crippen LogP contribution in [0.15, 0.2) is 65.3 Å². The zero-order chi connectivity index (χ0) is 19.3. The predicted octanol–water partition coefficient (Wildman–Crippen LogP) is 3.34. The van der Waals surface area contributed by atoms with E-state index in [9.17, 15) is 4.79 Å². The highest BCUT2D eigenvalue weighted by Gasteiger charge is 2.30. The van der Waals surface area contributed by atoms with Crippen molar-refractivity contribution in [2.75, 3.05) is 20.3 Å². The van der Waals surface area contributed by atoms with Gasteiger partial charge in [0.1, 0.15) is 11.5 Å². The molecule has 3 heterocycles. The van der Waals surface area contributed by atoms with Crippen molar-refractivity contribution in [2.24, 2.45) is 5.92 Å². The highest BCUT2D eigenvalue weighted by atomic mass is 16.5. The first-order valence-corrected chi connectivity index (χ1v) is 9.24. The minimum absolute atomic E-state index is 0.0461. The Bertz CT molecular complexity index is 921. The van der Waals surface area contributed by atoms with Gasteiger partial charge in [-0.05, 0) is 60.5 Å². The molecule has 1 aliphatic rings. The van der Waals surface area contributed by atoms with Crippen LogP contribution in [0.5, 0.6) is 5.75 Å². The van der Waals surface area contributed by atoms with Gasteiger partial charge in [0.15, 0.2) is 5.76 Å². The molecule has 0 spiro atoms. The van der Waals surface area contributed by atoms with E-state index in [-0.39, 0.29) is 17.9 Å². The summed E-state index contributed by atoms with van der Waals surface area (Å²) in [7, 11) is 1.62. The van der Waals surface area contributed by atoms with Gasteiger partial charge in [0.05, 0.1) is 26.4 Å². The lowest BCUT2D eigenvalue weighted by atomic mass is 9.95. The third kappa shape index (κ3) is 4.07. The largest absolute Gasteiger partial charge is 0.497 e. The van der Waals surface area contributed by atoms with E-state index in [0.29, 0.717) is 24.7 Å². The summed E-state index contributed by atoms with van der Waals surface area (Å²) in [5.74, 6) is 1.70. The number of furan rings is 1. The van der Waals surface area contributed by atoms with Crippen molar-refractivity contribution in [2.45, 2.75) is 12.5 Å². The Morgan fingerprint density at radius 1 is 1.11 bits per heavy atom. The molecule has 3 aromatic rings. The molecule has 1 fully saturated rings. The van der Waals surface area contributed by atoms with Crippen molar-refractivity contribution in [1.29, 1.82) is 0 Å². The number of amides is 1. The van der Waals surface area contributed by atoms with Gasteiger partial charge in [-0.1, -0.05) is 0 Å². The molecule has 1 aliphatic heterocycles. The molecule has 2 atom stereocenters. The average Bonchev–Trinajstić information content (AvgIpc) is 3.39. The number of pyridine rings is 1. The van der Waals surface area contributed by atoms with E-state index in [2.05, 4.69) is 10.3 Å². The van der Waals surface area contributed by atoms with Gasteiger partial charge < -0.3 is 19.2 Å². The number of carbonyl (C=O) groups is 1. The molecule has 2 unspecified atom stereocenters. The zero-order valence-electron chi connectivity index (χ0n) is 15.6. The van der Waals surface area contributed by atoms with Gasteiger partial charge in [0.2, 0.25) is 0 Å².